The van der Waals surface area contributed by atoms with E-state index >= 15 is 0 Å². The van der Waals surface area contributed by atoms with Crippen molar-refractivity contribution in [1.29, 1.82) is 0 Å². The van der Waals surface area contributed by atoms with Crippen LogP contribution in [0.25, 0.3) is 11.1 Å². The predicted octanol–water partition coefficient (Wildman–Crippen LogP) is 4.20. The van der Waals surface area contributed by atoms with Crippen LogP contribution in [0.1, 0.15) is 32.3 Å². The van der Waals surface area contributed by atoms with E-state index in [9.17, 15) is 4.79 Å². The van der Waals surface area contributed by atoms with E-state index in [0.29, 0.717) is 12.8 Å². The molecule has 0 aliphatic rings. The van der Waals surface area contributed by atoms with Gasteiger partial charge in [0.2, 0.25) is 0 Å². The number of esters is 1. The molecule has 3 heteroatoms. The molecule has 0 bridgehead atoms. The van der Waals surface area contributed by atoms with Crippen LogP contribution in [0, 0.1) is 0 Å². The summed E-state index contributed by atoms with van der Waals surface area (Å²) in [6, 6.07) is 18.7. The van der Waals surface area contributed by atoms with Crippen molar-refractivity contribution in [3.63, 3.8) is 0 Å². The maximum atomic E-state index is 11.1. The first-order chi connectivity index (χ1) is 11.2. The molecule has 0 heterocycles. The predicted molar refractivity (Wildman–Crippen MR) is 96.2 cm³/mol. The van der Waals surface area contributed by atoms with Crippen molar-refractivity contribution in [3.05, 3.63) is 60.2 Å². The van der Waals surface area contributed by atoms with Crippen molar-refractivity contribution in [2.45, 2.75) is 39.2 Å². The van der Waals surface area contributed by atoms with Gasteiger partial charge in [-0.1, -0.05) is 68.4 Å². The van der Waals surface area contributed by atoms with Crippen LogP contribution in [0.2, 0.25) is 0 Å². The van der Waals surface area contributed by atoms with Gasteiger partial charge >= 0.3 is 5.97 Å². The van der Waals surface area contributed by atoms with Gasteiger partial charge in [-0.05, 0) is 29.5 Å². The first-order valence-electron chi connectivity index (χ1n) is 8.16. The van der Waals surface area contributed by atoms with Crippen LogP contribution in [0.15, 0.2) is 54.6 Å². The van der Waals surface area contributed by atoms with Gasteiger partial charge in [0, 0.05) is 12.5 Å². The molecule has 0 spiro atoms. The van der Waals surface area contributed by atoms with Crippen LogP contribution >= 0.6 is 0 Å². The minimum Gasteiger partial charge on any atom is -0.469 e. The van der Waals surface area contributed by atoms with E-state index in [2.05, 4.69) is 41.1 Å². The molecule has 0 aliphatic carbocycles. The quantitative estimate of drug-likeness (QED) is 0.813. The minimum atomic E-state index is -0.204. The van der Waals surface area contributed by atoms with Crippen LogP contribution in [-0.2, 0) is 16.0 Å². The Morgan fingerprint density at radius 3 is 2.13 bits per heavy atom. The minimum absolute atomic E-state index is 0.0216. The summed E-state index contributed by atoms with van der Waals surface area (Å²) >= 11 is 0. The van der Waals surface area contributed by atoms with Crippen molar-refractivity contribution < 1.29 is 9.53 Å². The van der Waals surface area contributed by atoms with E-state index < -0.39 is 0 Å². The molecule has 3 nitrogen and oxygen atoms in total. The molecule has 0 aliphatic heterocycles. The van der Waals surface area contributed by atoms with Gasteiger partial charge < -0.3 is 10.5 Å². The fourth-order valence-corrected chi connectivity index (χ4v) is 2.27. The number of methoxy groups -OCH3 is 1. The zero-order valence-corrected chi connectivity index (χ0v) is 14.3. The van der Waals surface area contributed by atoms with Crippen LogP contribution in [0.5, 0.6) is 0 Å². The summed E-state index contributed by atoms with van der Waals surface area (Å²) in [4.78, 5) is 11.1. The van der Waals surface area contributed by atoms with Crippen molar-refractivity contribution >= 4 is 5.97 Å². The lowest BCUT2D eigenvalue weighted by Gasteiger charge is -2.11. The molecule has 1 unspecified atom stereocenters. The third-order valence-corrected chi connectivity index (χ3v) is 3.51. The van der Waals surface area contributed by atoms with E-state index in [1.54, 1.807) is 0 Å². The standard InChI is InChI=1S/C18H21NO2.C2H6/c1-21-18(20)12-11-17(19)13-14-7-9-16(10-8-14)15-5-3-2-4-6-15;1-2/h2-10,17H,11-13,19H2,1H3;1-2H3. The lowest BCUT2D eigenvalue weighted by atomic mass is 9.99. The molecule has 124 valence electrons. The normalized spacial score (nSPS) is 11.1. The van der Waals surface area contributed by atoms with E-state index in [4.69, 9.17) is 5.73 Å². The molecular weight excluding hydrogens is 286 g/mol. The number of hydrogen-bond donors (Lipinski definition) is 1. The Morgan fingerprint density at radius 2 is 1.57 bits per heavy atom. The number of ether oxygens (including phenoxy) is 1. The SMILES string of the molecule is CC.COC(=O)CCC(N)Cc1ccc(-c2ccccc2)cc1. The maximum Gasteiger partial charge on any atom is 0.305 e. The average molecular weight is 313 g/mol. The van der Waals surface area contributed by atoms with Gasteiger partial charge in [-0.25, -0.2) is 0 Å². The second-order valence-electron chi connectivity index (χ2n) is 5.14. The van der Waals surface area contributed by atoms with Gasteiger partial charge in [-0.2, -0.15) is 0 Å². The van der Waals surface area contributed by atoms with Gasteiger partial charge in [0.1, 0.15) is 0 Å². The summed E-state index contributed by atoms with van der Waals surface area (Å²) in [5, 5.41) is 0. The molecule has 2 N–H and O–H groups in total. The van der Waals surface area contributed by atoms with Crippen molar-refractivity contribution in [2.75, 3.05) is 7.11 Å². The highest BCUT2D eigenvalue weighted by molar-refractivity contribution is 5.69. The topological polar surface area (TPSA) is 52.3 Å². The zero-order chi connectivity index (χ0) is 17.1. The van der Waals surface area contributed by atoms with Crippen molar-refractivity contribution in [1.82, 2.24) is 0 Å². The number of carbonyl (C=O) groups is 1. The Hall–Kier alpha value is -2.13. The Labute approximate surface area is 139 Å². The Morgan fingerprint density at radius 1 is 1.00 bits per heavy atom. The largest absolute Gasteiger partial charge is 0.469 e. The second-order valence-corrected chi connectivity index (χ2v) is 5.14. The fraction of sp³-hybridized carbons (Fsp3) is 0.350. The third kappa shape index (κ3) is 6.66. The highest BCUT2D eigenvalue weighted by Crippen LogP contribution is 2.19. The van der Waals surface area contributed by atoms with Crippen LogP contribution in [0.4, 0.5) is 0 Å². The molecule has 2 rings (SSSR count). The van der Waals surface area contributed by atoms with Crippen LogP contribution in [-0.4, -0.2) is 19.1 Å². The number of nitrogens with two attached hydrogens (primary N) is 1. The first-order valence-corrected chi connectivity index (χ1v) is 8.16. The monoisotopic (exact) mass is 313 g/mol. The molecule has 0 aromatic heterocycles. The molecule has 1 atom stereocenters. The molecule has 0 fully saturated rings. The zero-order valence-electron chi connectivity index (χ0n) is 14.3. The Balaban J connectivity index is 0.00000127. The molecule has 2 aromatic rings. The van der Waals surface area contributed by atoms with Gasteiger partial charge in [0.25, 0.3) is 0 Å². The lowest BCUT2D eigenvalue weighted by molar-refractivity contribution is -0.140. The van der Waals surface area contributed by atoms with Gasteiger partial charge in [0.05, 0.1) is 7.11 Å². The molecule has 2 aromatic carbocycles. The highest BCUT2D eigenvalue weighted by atomic mass is 16.5. The van der Waals surface area contributed by atoms with Crippen molar-refractivity contribution in [3.8, 4) is 11.1 Å². The smallest absolute Gasteiger partial charge is 0.305 e. The molecule has 0 saturated carbocycles. The Bertz CT molecular complexity index is 564. The van der Waals surface area contributed by atoms with Gasteiger partial charge in [-0.3, -0.25) is 4.79 Å². The summed E-state index contributed by atoms with van der Waals surface area (Å²) in [6.45, 7) is 4.00. The summed E-state index contributed by atoms with van der Waals surface area (Å²) in [5.41, 5.74) is 9.64. The number of hydrogen-bond acceptors (Lipinski definition) is 3. The molecule has 0 saturated heterocycles. The van der Waals surface area contributed by atoms with E-state index in [-0.39, 0.29) is 12.0 Å². The molecule has 0 radical (unpaired) electrons. The van der Waals surface area contributed by atoms with Gasteiger partial charge in [0.15, 0.2) is 0 Å². The van der Waals surface area contributed by atoms with E-state index in [1.165, 1.54) is 23.8 Å². The summed E-state index contributed by atoms with van der Waals surface area (Å²) < 4.78 is 4.62. The van der Waals surface area contributed by atoms with E-state index in [0.717, 1.165) is 6.42 Å². The first kappa shape index (κ1) is 18.9. The second kappa shape index (κ2) is 10.6. The van der Waals surface area contributed by atoms with Gasteiger partial charge in [-0.15, -0.1) is 0 Å². The summed E-state index contributed by atoms with van der Waals surface area (Å²) in [6.07, 6.45) is 1.79. The van der Waals surface area contributed by atoms with Crippen LogP contribution < -0.4 is 5.73 Å². The van der Waals surface area contributed by atoms with Crippen LogP contribution in [0.3, 0.4) is 0 Å². The molecular formula is C20H27NO2. The third-order valence-electron chi connectivity index (χ3n) is 3.51. The molecule has 23 heavy (non-hydrogen) atoms. The summed E-state index contributed by atoms with van der Waals surface area (Å²) in [7, 11) is 1.40. The molecule has 0 amide bonds. The summed E-state index contributed by atoms with van der Waals surface area (Å²) in [5.74, 6) is -0.204. The number of benzene rings is 2. The van der Waals surface area contributed by atoms with Crippen molar-refractivity contribution in [2.24, 2.45) is 5.73 Å². The van der Waals surface area contributed by atoms with E-state index in [1.807, 2.05) is 32.0 Å². The maximum absolute atomic E-state index is 11.1. The number of carbonyl (C=O) groups excluding carboxylic acids is 1. The fourth-order valence-electron chi connectivity index (χ4n) is 2.27. The highest BCUT2D eigenvalue weighted by Gasteiger charge is 2.08. The number of rotatable bonds is 6. The lowest BCUT2D eigenvalue weighted by Crippen LogP contribution is -2.24. The average Bonchev–Trinajstić information content (AvgIpc) is 2.62. The Kier molecular flexibility index (Phi) is 8.70.